The predicted molar refractivity (Wildman–Crippen MR) is 122 cm³/mol. The average Bonchev–Trinajstić information content (AvgIpc) is 3.25. The summed E-state index contributed by atoms with van der Waals surface area (Å²) in [6.45, 7) is 5.70. The third kappa shape index (κ3) is 4.18. The van der Waals surface area contributed by atoms with Gasteiger partial charge >= 0.3 is 0 Å². The predicted octanol–water partition coefficient (Wildman–Crippen LogP) is 3.56. The first-order valence-corrected chi connectivity index (χ1v) is 10.5. The number of aryl methyl sites for hydroxylation is 1. The highest BCUT2D eigenvalue weighted by Crippen LogP contribution is 2.26. The molecule has 0 atom stereocenters. The van der Waals surface area contributed by atoms with E-state index in [-0.39, 0.29) is 0 Å². The Balaban J connectivity index is 1.51. The number of hydrogen-bond acceptors (Lipinski definition) is 6. The number of nitrogens with zero attached hydrogens (tertiary/aromatic N) is 6. The summed E-state index contributed by atoms with van der Waals surface area (Å²) in [4.78, 5) is 16.0. The Labute approximate surface area is 181 Å². The number of hydrogen-bond donors (Lipinski definition) is 0. The van der Waals surface area contributed by atoms with E-state index in [9.17, 15) is 0 Å². The maximum Gasteiger partial charge on any atom is 0.177 e. The molecule has 4 aromatic rings. The molecule has 1 aliphatic heterocycles. The van der Waals surface area contributed by atoms with Gasteiger partial charge in [0.15, 0.2) is 5.65 Å². The number of pyridine rings is 1. The number of fused-ring (bicyclic) bond motifs is 1. The highest BCUT2D eigenvalue weighted by atomic mass is 16.5. The summed E-state index contributed by atoms with van der Waals surface area (Å²) in [7, 11) is 0. The van der Waals surface area contributed by atoms with Crippen LogP contribution >= 0.6 is 0 Å². The highest BCUT2D eigenvalue weighted by Gasteiger charge is 2.18. The largest absolute Gasteiger partial charge is 0.378 e. The molecule has 0 spiro atoms. The van der Waals surface area contributed by atoms with Crippen LogP contribution in [0.1, 0.15) is 16.8 Å². The number of imidazole rings is 1. The molecule has 1 aliphatic rings. The fraction of sp³-hybridized carbons (Fsp3) is 0.250. The van der Waals surface area contributed by atoms with Crippen molar-refractivity contribution in [1.82, 2.24) is 19.6 Å². The van der Waals surface area contributed by atoms with Crippen molar-refractivity contribution in [1.29, 1.82) is 0 Å². The third-order valence-electron chi connectivity index (χ3n) is 5.46. The second-order valence-corrected chi connectivity index (χ2v) is 7.58. The summed E-state index contributed by atoms with van der Waals surface area (Å²) in [6, 6.07) is 14.3. The van der Waals surface area contributed by atoms with E-state index >= 15 is 0 Å². The van der Waals surface area contributed by atoms with Gasteiger partial charge in [-0.2, -0.15) is 5.10 Å². The van der Waals surface area contributed by atoms with Gasteiger partial charge in [0.2, 0.25) is 0 Å². The van der Waals surface area contributed by atoms with Crippen LogP contribution < -0.4 is 4.90 Å². The Bertz CT molecular complexity index is 1210. The smallest absolute Gasteiger partial charge is 0.177 e. The molecule has 0 N–H and O–H groups in total. The molecule has 0 aliphatic carbocycles. The molecule has 5 rings (SSSR count). The third-order valence-corrected chi connectivity index (χ3v) is 5.46. The Morgan fingerprint density at radius 3 is 2.71 bits per heavy atom. The van der Waals surface area contributed by atoms with Gasteiger partial charge in [0.1, 0.15) is 0 Å². The van der Waals surface area contributed by atoms with E-state index < -0.39 is 0 Å². The van der Waals surface area contributed by atoms with Crippen LogP contribution in [-0.4, -0.2) is 52.1 Å². The van der Waals surface area contributed by atoms with Crippen LogP contribution in [0.15, 0.2) is 66.0 Å². The van der Waals surface area contributed by atoms with Crippen molar-refractivity contribution in [2.24, 2.45) is 4.99 Å². The number of aromatic nitrogens is 4. The van der Waals surface area contributed by atoms with Gasteiger partial charge in [-0.25, -0.2) is 9.50 Å². The van der Waals surface area contributed by atoms with Crippen LogP contribution in [0, 0.1) is 6.92 Å². The Morgan fingerprint density at radius 1 is 1.10 bits per heavy atom. The molecular formula is C24H24N6O. The first-order valence-electron chi connectivity index (χ1n) is 10.5. The maximum atomic E-state index is 5.55. The second-order valence-electron chi connectivity index (χ2n) is 7.58. The van der Waals surface area contributed by atoms with Gasteiger partial charge in [0, 0.05) is 37.3 Å². The van der Waals surface area contributed by atoms with E-state index in [2.05, 4.69) is 40.0 Å². The van der Waals surface area contributed by atoms with Crippen molar-refractivity contribution >= 4 is 17.5 Å². The van der Waals surface area contributed by atoms with Crippen molar-refractivity contribution in [3.63, 3.8) is 0 Å². The molecule has 1 saturated heterocycles. The topological polar surface area (TPSA) is 67.9 Å². The fourth-order valence-electron chi connectivity index (χ4n) is 3.76. The van der Waals surface area contributed by atoms with Crippen molar-refractivity contribution in [3.05, 3.63) is 77.9 Å². The lowest BCUT2D eigenvalue weighted by molar-refractivity contribution is 0.123. The van der Waals surface area contributed by atoms with Gasteiger partial charge in [-0.05, 0) is 36.2 Å². The van der Waals surface area contributed by atoms with E-state index in [0.717, 1.165) is 46.9 Å². The summed E-state index contributed by atoms with van der Waals surface area (Å²) in [5.41, 5.74) is 7.05. The lowest BCUT2D eigenvalue weighted by atomic mass is 10.1. The number of rotatable bonds is 5. The zero-order valence-corrected chi connectivity index (χ0v) is 17.5. The maximum absolute atomic E-state index is 5.55. The second kappa shape index (κ2) is 8.65. The number of morpholine rings is 1. The molecule has 156 valence electrons. The Kier molecular flexibility index (Phi) is 5.41. The van der Waals surface area contributed by atoms with Gasteiger partial charge in [-0.3, -0.25) is 9.98 Å². The molecule has 7 nitrogen and oxygen atoms in total. The van der Waals surface area contributed by atoms with Crippen LogP contribution in [0.3, 0.4) is 0 Å². The summed E-state index contributed by atoms with van der Waals surface area (Å²) in [5, 5.41) is 4.80. The zero-order valence-electron chi connectivity index (χ0n) is 17.5. The minimum atomic E-state index is 0.504. The monoisotopic (exact) mass is 412 g/mol. The van der Waals surface area contributed by atoms with Crippen LogP contribution in [0.2, 0.25) is 0 Å². The minimum Gasteiger partial charge on any atom is -0.378 e. The number of aliphatic imine (C=N–C) groups is 1. The molecule has 1 aromatic carbocycles. The summed E-state index contributed by atoms with van der Waals surface area (Å²) in [6.07, 6.45) is 7.46. The van der Waals surface area contributed by atoms with E-state index in [1.54, 1.807) is 12.4 Å². The normalized spacial score (nSPS) is 14.5. The average molecular weight is 412 g/mol. The Hall–Kier alpha value is -3.58. The molecule has 4 heterocycles. The molecule has 7 heteroatoms. The van der Waals surface area contributed by atoms with Crippen molar-refractivity contribution in [2.45, 2.75) is 13.5 Å². The molecule has 1 fully saturated rings. The minimum absolute atomic E-state index is 0.504. The van der Waals surface area contributed by atoms with Crippen LogP contribution in [0.5, 0.6) is 0 Å². The van der Waals surface area contributed by atoms with Gasteiger partial charge in [-0.1, -0.05) is 24.3 Å². The molecule has 0 bridgehead atoms. The first kappa shape index (κ1) is 19.4. The number of benzene rings is 1. The molecule has 31 heavy (non-hydrogen) atoms. The summed E-state index contributed by atoms with van der Waals surface area (Å²) in [5.74, 6) is 0. The van der Waals surface area contributed by atoms with Gasteiger partial charge in [-0.15, -0.1) is 0 Å². The Morgan fingerprint density at radius 2 is 1.90 bits per heavy atom. The van der Waals surface area contributed by atoms with Gasteiger partial charge in [0.25, 0.3) is 0 Å². The zero-order chi connectivity index (χ0) is 21.0. The van der Waals surface area contributed by atoms with E-state index in [1.165, 1.54) is 5.56 Å². The van der Waals surface area contributed by atoms with E-state index in [4.69, 9.17) is 14.8 Å². The number of ether oxygens (including phenoxy) is 1. The van der Waals surface area contributed by atoms with Gasteiger partial charge in [0.05, 0.1) is 43.0 Å². The molecular weight excluding hydrogens is 388 g/mol. The quantitative estimate of drug-likeness (QED) is 0.469. The van der Waals surface area contributed by atoms with Crippen molar-refractivity contribution in [2.75, 3.05) is 31.2 Å². The van der Waals surface area contributed by atoms with Crippen molar-refractivity contribution in [3.8, 4) is 11.3 Å². The molecule has 0 saturated carbocycles. The lowest BCUT2D eigenvalue weighted by Crippen LogP contribution is -2.36. The molecule has 3 aromatic heterocycles. The molecule has 0 amide bonds. The first-order chi connectivity index (χ1) is 15.3. The summed E-state index contributed by atoms with van der Waals surface area (Å²) >= 11 is 0. The van der Waals surface area contributed by atoms with Crippen LogP contribution in [0.25, 0.3) is 16.9 Å². The molecule has 0 radical (unpaired) electrons. The van der Waals surface area contributed by atoms with Gasteiger partial charge < -0.3 is 9.64 Å². The highest BCUT2D eigenvalue weighted by molar-refractivity contribution is 5.81. The number of anilines is 1. The SMILES string of the molecule is Cc1ccccc1C=NCc1cc(N2CCOCC2)c2nc(-c3ccncc3)cn2n1. The van der Waals surface area contributed by atoms with Crippen molar-refractivity contribution < 1.29 is 4.74 Å². The summed E-state index contributed by atoms with van der Waals surface area (Å²) < 4.78 is 7.42. The van der Waals surface area contributed by atoms with Crippen LogP contribution in [0.4, 0.5) is 5.69 Å². The van der Waals surface area contributed by atoms with E-state index in [1.807, 2.05) is 41.2 Å². The lowest BCUT2D eigenvalue weighted by Gasteiger charge is -2.29. The van der Waals surface area contributed by atoms with Crippen LogP contribution in [-0.2, 0) is 11.3 Å². The standard InChI is InChI=1S/C24H24N6O/c1-18-4-2-3-5-20(18)15-26-16-21-14-23(29-10-12-31-13-11-29)24-27-22(17-30(24)28-21)19-6-8-25-9-7-19/h2-9,14-15,17H,10-13,16H2,1H3. The molecule has 0 unspecified atom stereocenters. The van der Waals surface area contributed by atoms with E-state index in [0.29, 0.717) is 19.8 Å². The fourth-order valence-corrected chi connectivity index (χ4v) is 3.76.